The largest absolute Gasteiger partial charge is 0.241 e. The van der Waals surface area contributed by atoms with Crippen molar-refractivity contribution in [2.45, 2.75) is 70.2 Å². The number of benzene rings is 2. The Balaban J connectivity index is 2.15. The summed E-state index contributed by atoms with van der Waals surface area (Å²) in [4.78, 5) is 0.308. The molecule has 0 aromatic heterocycles. The number of hydrogen-bond donors (Lipinski definition) is 1. The average Bonchev–Trinajstić information content (AvgIpc) is 2.60. The van der Waals surface area contributed by atoms with Crippen molar-refractivity contribution in [2.24, 2.45) is 0 Å². The van der Waals surface area contributed by atoms with Crippen LogP contribution in [0, 0.1) is 0 Å². The number of nitrogens with one attached hydrogen (secondary N) is 1. The van der Waals surface area contributed by atoms with Crippen molar-refractivity contribution in [1.82, 2.24) is 4.72 Å². The Hall–Kier alpha value is -1.65. The molecule has 0 bridgehead atoms. The lowest BCUT2D eigenvalue weighted by molar-refractivity contribution is 0.565. The molecule has 2 rings (SSSR count). The molecule has 142 valence electrons. The molecule has 0 radical (unpaired) electrons. The van der Waals surface area contributed by atoms with E-state index in [0.29, 0.717) is 10.8 Å². The Morgan fingerprint density at radius 2 is 1.38 bits per heavy atom. The zero-order valence-electron chi connectivity index (χ0n) is 16.7. The molecule has 0 amide bonds. The number of sulfonamides is 1. The summed E-state index contributed by atoms with van der Waals surface area (Å²) in [5.74, 6) is 0.431. The Morgan fingerprint density at radius 1 is 0.885 bits per heavy atom. The minimum Gasteiger partial charge on any atom is -0.207 e. The van der Waals surface area contributed by atoms with Gasteiger partial charge < -0.3 is 0 Å². The summed E-state index contributed by atoms with van der Waals surface area (Å²) in [6, 6.07) is 15.1. The van der Waals surface area contributed by atoms with Gasteiger partial charge in [-0.15, -0.1) is 0 Å². The Bertz CT molecular complexity index is 816. The first-order chi connectivity index (χ1) is 12.0. The van der Waals surface area contributed by atoms with E-state index in [1.807, 2.05) is 31.2 Å². The predicted molar refractivity (Wildman–Crippen MR) is 109 cm³/mol. The Labute approximate surface area is 158 Å². The molecular formula is C22H31NO2S. The normalized spacial score (nSPS) is 14.8. The molecular weight excluding hydrogens is 342 g/mol. The van der Waals surface area contributed by atoms with Gasteiger partial charge in [-0.1, -0.05) is 71.0 Å². The van der Waals surface area contributed by atoms with Crippen molar-refractivity contribution in [3.8, 4) is 0 Å². The van der Waals surface area contributed by atoms with Gasteiger partial charge in [0.15, 0.2) is 0 Å². The van der Waals surface area contributed by atoms with Gasteiger partial charge in [0.2, 0.25) is 10.0 Å². The topological polar surface area (TPSA) is 46.2 Å². The van der Waals surface area contributed by atoms with Gasteiger partial charge in [0.1, 0.15) is 0 Å². The molecule has 0 heterocycles. The molecule has 2 unspecified atom stereocenters. The predicted octanol–water partition coefficient (Wildman–Crippen LogP) is 5.54. The van der Waals surface area contributed by atoms with Gasteiger partial charge in [-0.2, -0.15) is 0 Å². The van der Waals surface area contributed by atoms with Gasteiger partial charge >= 0.3 is 0 Å². The van der Waals surface area contributed by atoms with Crippen LogP contribution >= 0.6 is 0 Å². The van der Waals surface area contributed by atoms with Crippen LogP contribution in [0.5, 0.6) is 0 Å². The lowest BCUT2D eigenvalue weighted by Gasteiger charge is -2.21. The van der Waals surface area contributed by atoms with Gasteiger partial charge in [-0.05, 0) is 53.5 Å². The molecule has 26 heavy (non-hydrogen) atoms. The summed E-state index contributed by atoms with van der Waals surface area (Å²) in [5, 5.41) is 0. The van der Waals surface area contributed by atoms with E-state index in [1.165, 1.54) is 5.56 Å². The Kier molecular flexibility index (Phi) is 6.30. The Morgan fingerprint density at radius 3 is 1.85 bits per heavy atom. The van der Waals surface area contributed by atoms with E-state index < -0.39 is 10.0 Å². The highest BCUT2D eigenvalue weighted by Crippen LogP contribution is 2.25. The van der Waals surface area contributed by atoms with E-state index in [2.05, 4.69) is 51.5 Å². The van der Waals surface area contributed by atoms with Crippen LogP contribution in [0.15, 0.2) is 53.4 Å². The van der Waals surface area contributed by atoms with Gasteiger partial charge in [-0.25, -0.2) is 13.1 Å². The van der Waals surface area contributed by atoms with E-state index in [4.69, 9.17) is 0 Å². The maximum absolute atomic E-state index is 12.7. The highest BCUT2D eigenvalue weighted by atomic mass is 32.2. The van der Waals surface area contributed by atoms with E-state index in [9.17, 15) is 8.42 Å². The summed E-state index contributed by atoms with van der Waals surface area (Å²) in [7, 11) is -3.55. The summed E-state index contributed by atoms with van der Waals surface area (Å²) in [6.07, 6.45) is 1.03. The van der Waals surface area contributed by atoms with Gasteiger partial charge in [-0.3, -0.25) is 0 Å². The number of rotatable bonds is 6. The molecule has 1 N–H and O–H groups in total. The van der Waals surface area contributed by atoms with Crippen LogP contribution in [0.3, 0.4) is 0 Å². The first-order valence-corrected chi connectivity index (χ1v) is 10.8. The highest BCUT2D eigenvalue weighted by Gasteiger charge is 2.19. The van der Waals surface area contributed by atoms with Crippen LogP contribution in [0.25, 0.3) is 0 Å². The second kappa shape index (κ2) is 7.93. The van der Waals surface area contributed by atoms with Crippen molar-refractivity contribution in [1.29, 1.82) is 0 Å². The molecule has 0 aliphatic heterocycles. The maximum atomic E-state index is 12.7. The van der Waals surface area contributed by atoms with Gasteiger partial charge in [0.05, 0.1) is 4.90 Å². The molecule has 3 nitrogen and oxygen atoms in total. The van der Waals surface area contributed by atoms with Crippen LogP contribution in [0.1, 0.15) is 76.6 Å². The zero-order chi connectivity index (χ0) is 19.5. The summed E-state index contributed by atoms with van der Waals surface area (Å²) < 4.78 is 28.1. The monoisotopic (exact) mass is 373 g/mol. The van der Waals surface area contributed by atoms with Crippen molar-refractivity contribution >= 4 is 10.0 Å². The first kappa shape index (κ1) is 20.7. The van der Waals surface area contributed by atoms with Crippen LogP contribution in [-0.4, -0.2) is 8.42 Å². The maximum Gasteiger partial charge on any atom is 0.241 e. The smallest absolute Gasteiger partial charge is 0.207 e. The van der Waals surface area contributed by atoms with Crippen LogP contribution in [-0.2, 0) is 15.4 Å². The third-order valence-electron chi connectivity index (χ3n) is 4.98. The molecule has 4 heteroatoms. The SMILES string of the molecule is CCC(C)c1ccc(S(=O)(=O)NC(C)c2ccc(C(C)(C)C)cc2)cc1. The van der Waals surface area contributed by atoms with E-state index >= 15 is 0 Å². The minimum atomic E-state index is -3.55. The fourth-order valence-corrected chi connectivity index (χ4v) is 4.08. The third-order valence-corrected chi connectivity index (χ3v) is 6.54. The average molecular weight is 374 g/mol. The highest BCUT2D eigenvalue weighted by molar-refractivity contribution is 7.89. The quantitative estimate of drug-likeness (QED) is 0.723. The van der Waals surface area contributed by atoms with Gasteiger partial charge in [0, 0.05) is 6.04 Å². The molecule has 0 saturated heterocycles. The molecule has 0 aliphatic rings. The summed E-state index contributed by atoms with van der Waals surface area (Å²) >= 11 is 0. The zero-order valence-corrected chi connectivity index (χ0v) is 17.5. The molecule has 0 spiro atoms. The third kappa shape index (κ3) is 4.95. The van der Waals surface area contributed by atoms with Crippen LogP contribution in [0.4, 0.5) is 0 Å². The fourth-order valence-electron chi connectivity index (χ4n) is 2.85. The molecule has 2 aromatic carbocycles. The van der Waals surface area contributed by atoms with E-state index in [1.54, 1.807) is 12.1 Å². The lowest BCUT2D eigenvalue weighted by Crippen LogP contribution is -2.27. The van der Waals surface area contributed by atoms with Crippen molar-refractivity contribution in [2.75, 3.05) is 0 Å². The minimum absolute atomic E-state index is 0.0820. The van der Waals surface area contributed by atoms with Crippen molar-refractivity contribution in [3.63, 3.8) is 0 Å². The van der Waals surface area contributed by atoms with E-state index in [0.717, 1.165) is 17.5 Å². The summed E-state index contributed by atoms with van der Waals surface area (Å²) in [6.45, 7) is 12.6. The molecule has 2 atom stereocenters. The van der Waals surface area contributed by atoms with Crippen LogP contribution in [0.2, 0.25) is 0 Å². The molecule has 0 fully saturated rings. The molecule has 0 aliphatic carbocycles. The van der Waals surface area contributed by atoms with Crippen molar-refractivity contribution < 1.29 is 8.42 Å². The second-order valence-corrected chi connectivity index (χ2v) is 9.81. The van der Waals surface area contributed by atoms with E-state index in [-0.39, 0.29) is 11.5 Å². The first-order valence-electron chi connectivity index (χ1n) is 9.27. The molecule has 0 saturated carbocycles. The van der Waals surface area contributed by atoms with Gasteiger partial charge in [0.25, 0.3) is 0 Å². The second-order valence-electron chi connectivity index (χ2n) is 8.09. The van der Waals surface area contributed by atoms with Crippen molar-refractivity contribution in [3.05, 3.63) is 65.2 Å². The van der Waals surface area contributed by atoms with Crippen LogP contribution < -0.4 is 4.72 Å². The number of hydrogen-bond acceptors (Lipinski definition) is 2. The fraction of sp³-hybridized carbons (Fsp3) is 0.455. The standard InChI is InChI=1S/C22H31NO2S/c1-7-16(2)18-10-14-21(15-11-18)26(24,25)23-17(3)19-8-12-20(13-9-19)22(4,5)6/h8-17,23H,7H2,1-6H3. The molecule has 2 aromatic rings. The lowest BCUT2D eigenvalue weighted by atomic mass is 9.86. The summed E-state index contributed by atoms with van der Waals surface area (Å²) in [5.41, 5.74) is 3.44.